The van der Waals surface area contributed by atoms with Gasteiger partial charge in [0.25, 0.3) is 0 Å². The molecule has 0 spiro atoms. The van der Waals surface area contributed by atoms with Gasteiger partial charge in [-0.25, -0.2) is 18.4 Å². The van der Waals surface area contributed by atoms with Gasteiger partial charge in [0.2, 0.25) is 16.0 Å². The molecule has 1 aliphatic rings. The summed E-state index contributed by atoms with van der Waals surface area (Å²) in [6, 6.07) is 5.14. The lowest BCUT2D eigenvalue weighted by atomic mass is 9.75. The van der Waals surface area contributed by atoms with Crippen LogP contribution in [0.15, 0.2) is 18.2 Å². The van der Waals surface area contributed by atoms with E-state index in [9.17, 15) is 23.4 Å². The standard InChI is InChI=1S/C21H26ClN3O6S/c1-10(2)19-16-9-15(17(27)7-12(26)8-18(28)29)14-6-11(22)4-5-13(14)20(16)24-21(23-19)25-32(3,30)31/h4-6,10,12,15,17,26-27H,7-9H2,1-3H3,(H,28,29)(H,23,24,25)/t12-,15?,17+/m1/s1. The van der Waals surface area contributed by atoms with Crippen LogP contribution in [-0.4, -0.2) is 58.1 Å². The second kappa shape index (κ2) is 9.30. The van der Waals surface area contributed by atoms with Gasteiger partial charge in [-0.05, 0) is 30.0 Å². The van der Waals surface area contributed by atoms with Gasteiger partial charge in [0, 0.05) is 28.5 Å². The molecule has 1 heterocycles. The van der Waals surface area contributed by atoms with E-state index in [1.165, 1.54) is 0 Å². The molecule has 174 valence electrons. The Kier molecular flexibility index (Phi) is 7.09. The maximum absolute atomic E-state index is 11.8. The molecule has 0 saturated heterocycles. The van der Waals surface area contributed by atoms with Crippen LogP contribution in [0.5, 0.6) is 0 Å². The Hall–Kier alpha value is -2.27. The summed E-state index contributed by atoms with van der Waals surface area (Å²) in [5, 5.41) is 30.3. The molecule has 3 rings (SSSR count). The smallest absolute Gasteiger partial charge is 0.305 e. The number of hydrogen-bond acceptors (Lipinski definition) is 7. The lowest BCUT2D eigenvalue weighted by Gasteiger charge is -2.33. The molecule has 0 bridgehead atoms. The summed E-state index contributed by atoms with van der Waals surface area (Å²) in [6.07, 6.45) is -1.48. The highest BCUT2D eigenvalue weighted by atomic mass is 35.5. The van der Waals surface area contributed by atoms with Crippen molar-refractivity contribution < 1.29 is 28.5 Å². The van der Waals surface area contributed by atoms with Crippen LogP contribution in [0.1, 0.15) is 55.3 Å². The Balaban J connectivity index is 2.11. The number of anilines is 1. The number of fused-ring (bicyclic) bond motifs is 3. The Morgan fingerprint density at radius 1 is 1.28 bits per heavy atom. The van der Waals surface area contributed by atoms with E-state index in [2.05, 4.69) is 14.7 Å². The number of sulfonamides is 1. The van der Waals surface area contributed by atoms with E-state index in [0.717, 1.165) is 11.8 Å². The number of hydrogen-bond donors (Lipinski definition) is 4. The zero-order valence-electron chi connectivity index (χ0n) is 17.9. The summed E-state index contributed by atoms with van der Waals surface area (Å²) in [5.41, 5.74) is 3.33. The number of benzene rings is 1. The van der Waals surface area contributed by atoms with Gasteiger partial charge < -0.3 is 15.3 Å². The highest BCUT2D eigenvalue weighted by Gasteiger charge is 2.35. The minimum atomic E-state index is -3.59. The molecule has 0 fully saturated rings. The number of aliphatic hydroxyl groups is 2. The number of carboxylic acids is 1. The fourth-order valence-electron chi connectivity index (χ4n) is 4.07. The number of aromatic nitrogens is 2. The third-order valence-electron chi connectivity index (χ3n) is 5.34. The van der Waals surface area contributed by atoms with E-state index in [4.69, 9.17) is 16.7 Å². The van der Waals surface area contributed by atoms with Crippen molar-refractivity contribution in [1.29, 1.82) is 0 Å². The summed E-state index contributed by atoms with van der Waals surface area (Å²) < 4.78 is 25.8. The molecule has 32 heavy (non-hydrogen) atoms. The van der Waals surface area contributed by atoms with E-state index < -0.39 is 40.5 Å². The first-order chi connectivity index (χ1) is 14.9. The van der Waals surface area contributed by atoms with Crippen molar-refractivity contribution in [3.8, 4) is 11.3 Å². The average molecular weight is 484 g/mol. The molecule has 0 saturated carbocycles. The molecule has 0 radical (unpaired) electrons. The van der Waals surface area contributed by atoms with Crippen LogP contribution in [0, 0.1) is 0 Å². The largest absolute Gasteiger partial charge is 0.481 e. The minimum absolute atomic E-state index is 0.0354. The monoisotopic (exact) mass is 483 g/mol. The normalized spacial score (nSPS) is 17.4. The summed E-state index contributed by atoms with van der Waals surface area (Å²) >= 11 is 6.22. The zero-order valence-corrected chi connectivity index (χ0v) is 19.5. The first-order valence-corrected chi connectivity index (χ1v) is 12.4. The number of nitrogens with one attached hydrogen (secondary N) is 1. The van der Waals surface area contributed by atoms with Crippen molar-refractivity contribution in [2.24, 2.45) is 0 Å². The van der Waals surface area contributed by atoms with Crippen molar-refractivity contribution >= 4 is 33.5 Å². The van der Waals surface area contributed by atoms with E-state index >= 15 is 0 Å². The maximum atomic E-state index is 11.8. The van der Waals surface area contributed by atoms with Crippen LogP contribution >= 0.6 is 11.6 Å². The second-order valence-electron chi connectivity index (χ2n) is 8.39. The van der Waals surface area contributed by atoms with Gasteiger partial charge in [-0.2, -0.15) is 0 Å². The number of carbonyl (C=O) groups is 1. The molecular weight excluding hydrogens is 458 g/mol. The molecule has 3 atom stereocenters. The van der Waals surface area contributed by atoms with Gasteiger partial charge in [0.05, 0.1) is 36.3 Å². The Morgan fingerprint density at radius 2 is 1.97 bits per heavy atom. The number of carboxylic acid groups (broad SMARTS) is 1. The molecule has 1 aromatic heterocycles. The fourth-order valence-corrected chi connectivity index (χ4v) is 4.67. The third-order valence-corrected chi connectivity index (χ3v) is 6.13. The molecule has 4 N–H and O–H groups in total. The Labute approximate surface area is 191 Å². The summed E-state index contributed by atoms with van der Waals surface area (Å²) in [7, 11) is -3.59. The van der Waals surface area contributed by atoms with Gasteiger partial charge in [0.15, 0.2) is 0 Å². The van der Waals surface area contributed by atoms with Crippen molar-refractivity contribution in [2.75, 3.05) is 11.0 Å². The molecule has 11 heteroatoms. The number of aliphatic hydroxyl groups excluding tert-OH is 2. The number of aliphatic carboxylic acids is 1. The van der Waals surface area contributed by atoms with E-state index in [1.54, 1.807) is 18.2 Å². The average Bonchev–Trinajstić information content (AvgIpc) is 2.64. The fraction of sp³-hybridized carbons (Fsp3) is 0.476. The van der Waals surface area contributed by atoms with E-state index in [0.29, 0.717) is 34.0 Å². The van der Waals surface area contributed by atoms with Crippen LogP contribution < -0.4 is 4.72 Å². The molecule has 0 amide bonds. The second-order valence-corrected chi connectivity index (χ2v) is 10.6. The maximum Gasteiger partial charge on any atom is 0.305 e. The summed E-state index contributed by atoms with van der Waals surface area (Å²) in [4.78, 5) is 19.8. The number of nitrogens with zero attached hydrogens (tertiary/aromatic N) is 2. The van der Waals surface area contributed by atoms with Crippen molar-refractivity contribution in [3.05, 3.63) is 40.0 Å². The highest BCUT2D eigenvalue weighted by molar-refractivity contribution is 7.91. The lowest BCUT2D eigenvalue weighted by Crippen LogP contribution is -2.30. The molecule has 0 aliphatic heterocycles. The lowest BCUT2D eigenvalue weighted by molar-refractivity contribution is -0.139. The SMILES string of the molecule is CC(C)c1nc(NS(C)(=O)=O)nc2c1CC([C@@H](O)C[C@@H](O)CC(=O)O)c1cc(Cl)ccc1-2. The molecular formula is C21H26ClN3O6S. The third kappa shape index (κ3) is 5.55. The van der Waals surface area contributed by atoms with Gasteiger partial charge >= 0.3 is 5.97 Å². The Bertz CT molecular complexity index is 1140. The topological polar surface area (TPSA) is 150 Å². The minimum Gasteiger partial charge on any atom is -0.481 e. The van der Waals surface area contributed by atoms with Gasteiger partial charge in [-0.15, -0.1) is 0 Å². The Morgan fingerprint density at radius 3 is 2.56 bits per heavy atom. The predicted octanol–water partition coefficient (Wildman–Crippen LogP) is 2.52. The summed E-state index contributed by atoms with van der Waals surface area (Å²) in [6.45, 7) is 3.85. The first-order valence-electron chi connectivity index (χ1n) is 10.1. The van der Waals surface area contributed by atoms with Crippen LogP contribution in [0.25, 0.3) is 11.3 Å². The van der Waals surface area contributed by atoms with Crippen LogP contribution in [0.3, 0.4) is 0 Å². The van der Waals surface area contributed by atoms with Crippen LogP contribution in [0.2, 0.25) is 5.02 Å². The predicted molar refractivity (Wildman–Crippen MR) is 120 cm³/mol. The van der Waals surface area contributed by atoms with Gasteiger partial charge in [-0.1, -0.05) is 31.5 Å². The molecule has 2 aromatic rings. The quantitative estimate of drug-likeness (QED) is 0.447. The first kappa shape index (κ1) is 24.4. The molecule has 1 aromatic carbocycles. The molecule has 9 nitrogen and oxygen atoms in total. The zero-order chi connectivity index (χ0) is 23.8. The van der Waals surface area contributed by atoms with E-state index in [1.807, 2.05) is 13.8 Å². The number of rotatable bonds is 8. The van der Waals surface area contributed by atoms with Crippen LogP contribution in [0.4, 0.5) is 5.95 Å². The highest BCUT2D eigenvalue weighted by Crippen LogP contribution is 2.44. The van der Waals surface area contributed by atoms with Crippen molar-refractivity contribution in [2.45, 2.75) is 57.2 Å². The van der Waals surface area contributed by atoms with E-state index in [-0.39, 0.29) is 18.3 Å². The summed E-state index contributed by atoms with van der Waals surface area (Å²) in [5.74, 6) is -1.72. The van der Waals surface area contributed by atoms with Crippen LogP contribution in [-0.2, 0) is 21.2 Å². The van der Waals surface area contributed by atoms with Crippen molar-refractivity contribution in [1.82, 2.24) is 9.97 Å². The van der Waals surface area contributed by atoms with Gasteiger partial charge in [0.1, 0.15) is 0 Å². The van der Waals surface area contributed by atoms with Gasteiger partial charge in [-0.3, -0.25) is 9.52 Å². The number of halogens is 1. The molecule has 1 aliphatic carbocycles. The van der Waals surface area contributed by atoms with Crippen molar-refractivity contribution in [3.63, 3.8) is 0 Å². The molecule has 1 unspecified atom stereocenters.